The maximum absolute atomic E-state index is 12.6. The van der Waals surface area contributed by atoms with E-state index >= 15 is 0 Å². The first-order valence-corrected chi connectivity index (χ1v) is 9.13. The molecule has 1 aliphatic rings. The molecule has 0 aromatic carbocycles. The Morgan fingerprint density at radius 1 is 1.19 bits per heavy atom. The van der Waals surface area contributed by atoms with Crippen LogP contribution in [-0.4, -0.2) is 54.6 Å². The Bertz CT molecular complexity index is 573. The van der Waals surface area contributed by atoms with Crippen molar-refractivity contribution in [2.24, 2.45) is 0 Å². The monoisotopic (exact) mass is 372 g/mol. The van der Waals surface area contributed by atoms with E-state index in [0.29, 0.717) is 32.0 Å². The van der Waals surface area contributed by atoms with Crippen LogP contribution in [0.15, 0.2) is 18.3 Å². The summed E-state index contributed by atoms with van der Waals surface area (Å²) in [5.41, 5.74) is -0.740. The molecule has 1 aromatic heterocycles. The highest BCUT2D eigenvalue weighted by Crippen LogP contribution is 2.29. The Morgan fingerprint density at radius 3 is 2.50 bits per heavy atom. The van der Waals surface area contributed by atoms with Crippen molar-refractivity contribution in [2.75, 3.05) is 37.6 Å². The third kappa shape index (κ3) is 5.86. The van der Waals surface area contributed by atoms with Gasteiger partial charge in [0.15, 0.2) is 0 Å². The Balaban J connectivity index is 1.88. The molecule has 0 atom stereocenters. The number of aromatic nitrogens is 1. The van der Waals surface area contributed by atoms with Crippen LogP contribution in [0.1, 0.15) is 38.7 Å². The zero-order valence-electron chi connectivity index (χ0n) is 15.4. The summed E-state index contributed by atoms with van der Waals surface area (Å²) in [5, 5.41) is 3.03. The second-order valence-electron chi connectivity index (χ2n) is 6.60. The fourth-order valence-electron chi connectivity index (χ4n) is 3.07. The van der Waals surface area contributed by atoms with Crippen molar-refractivity contribution in [3.8, 4) is 0 Å². The highest BCUT2D eigenvalue weighted by molar-refractivity contribution is 5.78. The number of alkyl halides is 3. The van der Waals surface area contributed by atoms with Crippen molar-refractivity contribution >= 4 is 11.7 Å². The molecule has 0 radical (unpaired) electrons. The van der Waals surface area contributed by atoms with Crippen LogP contribution in [0.5, 0.6) is 0 Å². The predicted octanol–water partition coefficient (Wildman–Crippen LogP) is 2.92. The average molecular weight is 372 g/mol. The minimum Gasteiger partial charge on any atom is -0.355 e. The summed E-state index contributed by atoms with van der Waals surface area (Å²) >= 11 is 0. The molecule has 0 aliphatic carbocycles. The van der Waals surface area contributed by atoms with Crippen molar-refractivity contribution < 1.29 is 18.0 Å². The number of hydrogen-bond acceptors (Lipinski definition) is 4. The highest BCUT2D eigenvalue weighted by Gasteiger charge is 2.31. The van der Waals surface area contributed by atoms with Crippen molar-refractivity contribution in [1.29, 1.82) is 0 Å². The number of anilines is 1. The summed E-state index contributed by atoms with van der Waals surface area (Å²) in [7, 11) is 0. The second kappa shape index (κ2) is 9.21. The molecule has 0 unspecified atom stereocenters. The quantitative estimate of drug-likeness (QED) is 0.834. The van der Waals surface area contributed by atoms with Gasteiger partial charge in [0.25, 0.3) is 0 Å². The van der Waals surface area contributed by atoms with E-state index in [1.165, 1.54) is 6.07 Å². The number of halogens is 3. The molecule has 26 heavy (non-hydrogen) atoms. The molecule has 1 fully saturated rings. The van der Waals surface area contributed by atoms with E-state index in [0.717, 1.165) is 38.1 Å². The van der Waals surface area contributed by atoms with Gasteiger partial charge >= 0.3 is 6.18 Å². The van der Waals surface area contributed by atoms with Gasteiger partial charge in [0.2, 0.25) is 5.91 Å². The average Bonchev–Trinajstić information content (AvgIpc) is 2.84. The normalized spacial score (nSPS) is 16.6. The lowest BCUT2D eigenvalue weighted by Crippen LogP contribution is -2.42. The summed E-state index contributed by atoms with van der Waals surface area (Å²) in [5.74, 6) is 0.570. The predicted molar refractivity (Wildman–Crippen MR) is 95.0 cm³/mol. The van der Waals surface area contributed by atoms with Gasteiger partial charge in [0, 0.05) is 38.4 Å². The minimum absolute atomic E-state index is 0.0276. The van der Waals surface area contributed by atoms with Crippen molar-refractivity contribution in [2.45, 2.75) is 45.3 Å². The van der Waals surface area contributed by atoms with Crippen molar-refractivity contribution in [3.05, 3.63) is 23.9 Å². The number of amides is 1. The Labute approximate surface area is 152 Å². The van der Waals surface area contributed by atoms with Gasteiger partial charge in [-0.2, -0.15) is 13.2 Å². The zero-order chi connectivity index (χ0) is 19.2. The van der Waals surface area contributed by atoms with Gasteiger partial charge in [-0.05, 0) is 31.4 Å². The third-order valence-electron chi connectivity index (χ3n) is 4.71. The summed E-state index contributed by atoms with van der Waals surface area (Å²) < 4.78 is 37.9. The first-order valence-electron chi connectivity index (χ1n) is 9.13. The summed E-state index contributed by atoms with van der Waals surface area (Å²) in [6.45, 7) is 7.27. The molecule has 5 nitrogen and oxygen atoms in total. The second-order valence-corrected chi connectivity index (χ2v) is 6.60. The van der Waals surface area contributed by atoms with E-state index in [1.54, 1.807) is 0 Å². The van der Waals surface area contributed by atoms with Gasteiger partial charge in [0.1, 0.15) is 5.82 Å². The molecule has 1 N–H and O–H groups in total. The molecule has 0 spiro atoms. The maximum atomic E-state index is 12.6. The molecule has 1 amide bonds. The topological polar surface area (TPSA) is 48.5 Å². The van der Waals surface area contributed by atoms with Gasteiger partial charge in [0.05, 0.1) is 12.1 Å². The van der Waals surface area contributed by atoms with Gasteiger partial charge in [-0.1, -0.05) is 13.8 Å². The number of nitrogens with one attached hydrogen (secondary N) is 1. The molecule has 2 rings (SSSR count). The molecule has 1 saturated heterocycles. The van der Waals surface area contributed by atoms with E-state index in [9.17, 15) is 18.0 Å². The van der Waals surface area contributed by atoms with Crippen molar-refractivity contribution in [1.82, 2.24) is 15.2 Å². The molecule has 146 valence electrons. The van der Waals surface area contributed by atoms with Crippen LogP contribution in [0, 0.1) is 0 Å². The van der Waals surface area contributed by atoms with E-state index < -0.39 is 11.7 Å². The molecular weight excluding hydrogens is 345 g/mol. The fraction of sp³-hybridized carbons (Fsp3) is 0.667. The summed E-state index contributed by atoms with van der Waals surface area (Å²) in [6.07, 6.45) is -0.837. The Kier molecular flexibility index (Phi) is 7.25. The van der Waals surface area contributed by atoms with Gasteiger partial charge in [-0.3, -0.25) is 9.69 Å². The van der Waals surface area contributed by atoms with Crippen molar-refractivity contribution in [3.63, 3.8) is 0 Å². The number of carbonyl (C=O) groups excluding carboxylic acids is 1. The van der Waals surface area contributed by atoms with E-state index in [-0.39, 0.29) is 11.9 Å². The SMILES string of the molecule is CCC(CC)NC(=O)CN1CCCN(c2ccc(C(F)(F)F)cn2)CC1. The van der Waals surface area contributed by atoms with Gasteiger partial charge < -0.3 is 10.2 Å². The van der Waals surface area contributed by atoms with Crippen LogP contribution >= 0.6 is 0 Å². The molecular formula is C18H27F3N4O. The van der Waals surface area contributed by atoms with Gasteiger partial charge in [-0.15, -0.1) is 0 Å². The molecule has 8 heteroatoms. The van der Waals surface area contributed by atoms with E-state index in [4.69, 9.17) is 0 Å². The standard InChI is InChI=1S/C18H27F3N4O/c1-3-15(4-2)23-17(26)13-24-8-5-9-25(11-10-24)16-7-6-14(12-22-16)18(19,20)21/h6-7,12,15H,3-5,8-11,13H2,1-2H3,(H,23,26). The molecule has 2 heterocycles. The summed E-state index contributed by atoms with van der Waals surface area (Å²) in [6, 6.07) is 2.69. The molecule has 0 saturated carbocycles. The largest absolute Gasteiger partial charge is 0.417 e. The number of carbonyl (C=O) groups is 1. The molecule has 0 bridgehead atoms. The van der Waals surface area contributed by atoms with Crippen LogP contribution in [0.25, 0.3) is 0 Å². The van der Waals surface area contributed by atoms with Crippen LogP contribution in [0.2, 0.25) is 0 Å². The van der Waals surface area contributed by atoms with Crippen LogP contribution < -0.4 is 10.2 Å². The minimum atomic E-state index is -4.37. The number of hydrogen-bond donors (Lipinski definition) is 1. The van der Waals surface area contributed by atoms with Crippen LogP contribution in [0.3, 0.4) is 0 Å². The molecule has 1 aromatic rings. The molecule has 1 aliphatic heterocycles. The third-order valence-corrected chi connectivity index (χ3v) is 4.71. The lowest BCUT2D eigenvalue weighted by Gasteiger charge is -2.23. The van der Waals surface area contributed by atoms with E-state index in [2.05, 4.69) is 29.0 Å². The maximum Gasteiger partial charge on any atom is 0.417 e. The number of rotatable bonds is 6. The fourth-order valence-corrected chi connectivity index (χ4v) is 3.07. The lowest BCUT2D eigenvalue weighted by atomic mass is 10.2. The highest BCUT2D eigenvalue weighted by atomic mass is 19.4. The first-order chi connectivity index (χ1) is 12.3. The van der Waals surface area contributed by atoms with Gasteiger partial charge in [-0.25, -0.2) is 4.98 Å². The smallest absolute Gasteiger partial charge is 0.355 e. The number of nitrogens with zero attached hydrogens (tertiary/aromatic N) is 3. The first kappa shape index (κ1) is 20.5. The van der Waals surface area contributed by atoms with Crippen LogP contribution in [0.4, 0.5) is 19.0 Å². The number of pyridine rings is 1. The van der Waals surface area contributed by atoms with Crippen LogP contribution in [-0.2, 0) is 11.0 Å². The Hall–Kier alpha value is -1.83. The Morgan fingerprint density at radius 2 is 1.92 bits per heavy atom. The summed E-state index contributed by atoms with van der Waals surface area (Å²) in [4.78, 5) is 20.2. The van der Waals surface area contributed by atoms with E-state index in [1.807, 2.05) is 4.90 Å². The zero-order valence-corrected chi connectivity index (χ0v) is 15.4. The lowest BCUT2D eigenvalue weighted by molar-refractivity contribution is -0.137.